The number of fused-ring (bicyclic) bond motifs is 3. The molecule has 0 spiro atoms. The number of nitriles is 1. The molecule has 5 heteroatoms. The van der Waals surface area contributed by atoms with Crippen LogP contribution in [0, 0.1) is 18.3 Å². The number of hydrogen-bond acceptors (Lipinski definition) is 3. The Kier molecular flexibility index (Phi) is 3.62. The molecule has 4 rings (SSSR count). The summed E-state index contributed by atoms with van der Waals surface area (Å²) in [5.74, 6) is 1.20. The van der Waals surface area contributed by atoms with Gasteiger partial charge in [-0.25, -0.2) is 0 Å². The van der Waals surface area contributed by atoms with Crippen LogP contribution >= 0.6 is 0 Å². The average molecular weight is 321 g/mol. The Hall–Kier alpha value is -2.58. The summed E-state index contributed by atoms with van der Waals surface area (Å²) in [7, 11) is 0. The molecule has 1 aromatic carbocycles. The van der Waals surface area contributed by atoms with Crippen molar-refractivity contribution in [1.29, 1.82) is 5.26 Å². The fourth-order valence-electron chi connectivity index (χ4n) is 3.77. The first-order chi connectivity index (χ1) is 11.8. The third kappa shape index (κ3) is 2.07. The van der Waals surface area contributed by atoms with Crippen LogP contribution in [0.3, 0.4) is 0 Å². The summed E-state index contributed by atoms with van der Waals surface area (Å²) in [6, 6.07) is 10.6. The Morgan fingerprint density at radius 3 is 2.75 bits per heavy atom. The summed E-state index contributed by atoms with van der Waals surface area (Å²) < 4.78 is 7.77. The quantitative estimate of drug-likeness (QED) is 0.738. The normalized spacial score (nSPS) is 15.1. The lowest BCUT2D eigenvalue weighted by Gasteiger charge is -2.27. The van der Waals surface area contributed by atoms with Gasteiger partial charge in [-0.05, 0) is 31.0 Å². The van der Waals surface area contributed by atoms with Crippen molar-refractivity contribution in [3.05, 3.63) is 41.0 Å². The highest BCUT2D eigenvalue weighted by molar-refractivity contribution is 5.78. The van der Waals surface area contributed by atoms with Crippen molar-refractivity contribution < 1.29 is 9.14 Å². The zero-order valence-corrected chi connectivity index (χ0v) is 14.1. The number of H-pyrrole nitrogens is 1. The number of nitrogens with one attached hydrogen (secondary N) is 1. The van der Waals surface area contributed by atoms with Crippen LogP contribution in [0.2, 0.25) is 0 Å². The van der Waals surface area contributed by atoms with E-state index in [1.807, 2.05) is 12.1 Å². The summed E-state index contributed by atoms with van der Waals surface area (Å²) in [6.45, 7) is 7.46. The lowest BCUT2D eigenvalue weighted by Crippen LogP contribution is -2.43. The molecule has 0 radical (unpaired) electrons. The molecule has 1 fully saturated rings. The number of para-hydroxylation sites is 2. The Balaban J connectivity index is 2.16. The zero-order chi connectivity index (χ0) is 16.7. The molecule has 1 aliphatic heterocycles. The van der Waals surface area contributed by atoms with Gasteiger partial charge in [0.2, 0.25) is 11.5 Å². The molecule has 0 atom stereocenters. The largest absolute Gasteiger partial charge is 0.375 e. The number of ether oxygens (including phenoxy) is 1. The van der Waals surface area contributed by atoms with Gasteiger partial charge < -0.3 is 4.74 Å². The lowest BCUT2D eigenvalue weighted by molar-refractivity contribution is -0.468. The van der Waals surface area contributed by atoms with E-state index in [-0.39, 0.29) is 0 Å². The van der Waals surface area contributed by atoms with E-state index in [9.17, 15) is 5.26 Å². The minimum atomic E-state index is 0.736. The van der Waals surface area contributed by atoms with Crippen LogP contribution in [0.4, 0.5) is 5.82 Å². The molecule has 24 heavy (non-hydrogen) atoms. The van der Waals surface area contributed by atoms with E-state index in [0.29, 0.717) is 0 Å². The van der Waals surface area contributed by atoms with Gasteiger partial charge in [0.15, 0.2) is 0 Å². The number of anilines is 1. The lowest BCUT2D eigenvalue weighted by atomic mass is 10.0. The molecule has 1 N–H and O–H groups in total. The summed E-state index contributed by atoms with van der Waals surface area (Å²) in [4.78, 5) is 5.84. The number of benzene rings is 1. The first-order valence-electron chi connectivity index (χ1n) is 8.47. The van der Waals surface area contributed by atoms with Crippen molar-refractivity contribution in [2.24, 2.45) is 0 Å². The number of imidazole rings is 1. The maximum Gasteiger partial charge on any atom is 0.250 e. The van der Waals surface area contributed by atoms with Crippen LogP contribution in [0.25, 0.3) is 16.7 Å². The first kappa shape index (κ1) is 15.0. The van der Waals surface area contributed by atoms with E-state index in [1.165, 1.54) is 11.4 Å². The van der Waals surface area contributed by atoms with Gasteiger partial charge >= 0.3 is 0 Å². The smallest absolute Gasteiger partial charge is 0.250 e. The van der Waals surface area contributed by atoms with Crippen molar-refractivity contribution in [3.63, 3.8) is 0 Å². The van der Waals surface area contributed by atoms with Crippen molar-refractivity contribution in [2.45, 2.75) is 20.3 Å². The number of morpholine rings is 1. The molecular formula is C19H21N4O+. The van der Waals surface area contributed by atoms with Gasteiger partial charge in [-0.1, -0.05) is 19.1 Å². The zero-order valence-electron chi connectivity index (χ0n) is 14.1. The number of aromatic nitrogens is 2. The van der Waals surface area contributed by atoms with E-state index in [2.05, 4.69) is 46.3 Å². The van der Waals surface area contributed by atoms with Crippen LogP contribution in [0.5, 0.6) is 0 Å². The first-order valence-corrected chi connectivity index (χ1v) is 8.47. The van der Waals surface area contributed by atoms with Crippen LogP contribution in [0.1, 0.15) is 23.6 Å². The minimum Gasteiger partial charge on any atom is -0.375 e. The van der Waals surface area contributed by atoms with Gasteiger partial charge in [0.25, 0.3) is 0 Å². The molecule has 3 heterocycles. The molecule has 0 unspecified atom stereocenters. The molecule has 0 aliphatic carbocycles. The molecule has 1 saturated heterocycles. The molecule has 122 valence electrons. The third-order valence-electron chi connectivity index (χ3n) is 4.94. The van der Waals surface area contributed by atoms with Gasteiger partial charge in [-0.2, -0.15) is 9.66 Å². The Labute approximate surface area is 141 Å². The highest BCUT2D eigenvalue weighted by Crippen LogP contribution is 2.28. The minimum absolute atomic E-state index is 0.736. The fraction of sp³-hybridized carbons (Fsp3) is 0.368. The van der Waals surface area contributed by atoms with Gasteiger partial charge in [0, 0.05) is 5.56 Å². The van der Waals surface area contributed by atoms with Crippen LogP contribution in [0.15, 0.2) is 24.3 Å². The van der Waals surface area contributed by atoms with E-state index < -0.39 is 0 Å². The predicted molar refractivity (Wildman–Crippen MR) is 93.3 cm³/mol. The van der Waals surface area contributed by atoms with Gasteiger partial charge in [-0.15, -0.1) is 0 Å². The Morgan fingerprint density at radius 2 is 2.04 bits per heavy atom. The summed E-state index contributed by atoms with van der Waals surface area (Å²) in [5, 5.41) is 9.75. The summed E-state index contributed by atoms with van der Waals surface area (Å²) in [6.07, 6.45) is 0.898. The molecule has 2 aromatic heterocycles. The van der Waals surface area contributed by atoms with Crippen LogP contribution < -0.4 is 9.30 Å². The molecule has 3 aromatic rings. The molecule has 0 bridgehead atoms. The monoisotopic (exact) mass is 321 g/mol. The Morgan fingerprint density at radius 1 is 1.29 bits per heavy atom. The van der Waals surface area contributed by atoms with Crippen molar-refractivity contribution in [1.82, 2.24) is 4.98 Å². The predicted octanol–water partition coefficient (Wildman–Crippen LogP) is 2.49. The molecule has 5 nitrogen and oxygen atoms in total. The number of nitrogens with zero attached hydrogens (tertiary/aromatic N) is 3. The van der Waals surface area contributed by atoms with Crippen molar-refractivity contribution >= 4 is 22.5 Å². The molecule has 0 saturated carbocycles. The number of aromatic amines is 1. The number of rotatable bonds is 2. The van der Waals surface area contributed by atoms with E-state index in [4.69, 9.17) is 4.74 Å². The SMILES string of the molecule is CCc1c(C)c(C#N)c2[nH]c3ccccc3[n+]2c1N1CCOCC1. The maximum absolute atomic E-state index is 9.75. The molecule has 1 aliphatic rings. The number of hydrogen-bond donors (Lipinski definition) is 1. The number of pyridine rings is 1. The second kappa shape index (κ2) is 5.81. The van der Waals surface area contributed by atoms with Crippen LogP contribution in [-0.2, 0) is 11.2 Å². The summed E-state index contributed by atoms with van der Waals surface area (Å²) in [5.41, 5.74) is 6.11. The summed E-state index contributed by atoms with van der Waals surface area (Å²) >= 11 is 0. The second-order valence-electron chi connectivity index (χ2n) is 6.19. The highest BCUT2D eigenvalue weighted by Gasteiger charge is 2.29. The van der Waals surface area contributed by atoms with E-state index in [1.54, 1.807) is 0 Å². The fourth-order valence-corrected chi connectivity index (χ4v) is 3.77. The highest BCUT2D eigenvalue weighted by atomic mass is 16.5. The van der Waals surface area contributed by atoms with Gasteiger partial charge in [-0.3, -0.25) is 9.88 Å². The van der Waals surface area contributed by atoms with E-state index >= 15 is 0 Å². The molecule has 0 amide bonds. The molecular weight excluding hydrogens is 300 g/mol. The average Bonchev–Trinajstić information content (AvgIpc) is 3.00. The second-order valence-corrected chi connectivity index (χ2v) is 6.19. The topological polar surface area (TPSA) is 56.2 Å². The van der Waals surface area contributed by atoms with E-state index in [0.717, 1.165) is 60.5 Å². The third-order valence-corrected chi connectivity index (χ3v) is 4.94. The standard InChI is InChI=1S/C19H20N4O/c1-3-14-13(2)15(12-20)18-21-16-6-4-5-7-17(16)23(18)19(14)22-8-10-24-11-9-22/h4-7H,3,8-11H2,1-2H3/p+1. The van der Waals surface area contributed by atoms with Crippen molar-refractivity contribution in [2.75, 3.05) is 31.2 Å². The van der Waals surface area contributed by atoms with Gasteiger partial charge in [0.1, 0.15) is 22.7 Å². The van der Waals surface area contributed by atoms with Crippen molar-refractivity contribution in [3.8, 4) is 6.07 Å². The van der Waals surface area contributed by atoms with Crippen LogP contribution in [-0.4, -0.2) is 31.3 Å². The van der Waals surface area contributed by atoms with Gasteiger partial charge in [0.05, 0.1) is 26.3 Å². The Bertz CT molecular complexity index is 961. The maximum atomic E-state index is 9.75.